The van der Waals surface area contributed by atoms with Crippen molar-refractivity contribution in [1.29, 1.82) is 0 Å². The molecule has 0 aliphatic rings. The molecule has 0 radical (unpaired) electrons. The van der Waals surface area contributed by atoms with Gasteiger partial charge in [0.15, 0.2) is 0 Å². The van der Waals surface area contributed by atoms with E-state index in [2.05, 4.69) is 246 Å². The quantitative estimate of drug-likeness (QED) is 0.168. The predicted molar refractivity (Wildman–Crippen MR) is 312 cm³/mol. The van der Waals surface area contributed by atoms with E-state index in [-0.39, 0.29) is 16.2 Å². The van der Waals surface area contributed by atoms with Crippen molar-refractivity contribution >= 4 is 119 Å². The smallest absolute Gasteiger partial charge is 0.0728 e. The van der Waals surface area contributed by atoms with E-state index in [1.807, 2.05) is 11.3 Å². The lowest BCUT2D eigenvalue weighted by atomic mass is 9.82. The zero-order valence-electron chi connectivity index (χ0n) is 42.4. The molecule has 6 heterocycles. The molecular formula is C68H55N3S. The van der Waals surface area contributed by atoms with Crippen molar-refractivity contribution in [2.45, 2.75) is 78.6 Å². The molecular weight excluding hydrogens is 891 g/mol. The summed E-state index contributed by atoms with van der Waals surface area (Å²) >= 11 is 1.94. The van der Waals surface area contributed by atoms with Crippen LogP contribution in [0.1, 0.15) is 79.0 Å². The predicted octanol–water partition coefficient (Wildman–Crippen LogP) is 19.5. The van der Waals surface area contributed by atoms with E-state index >= 15 is 0 Å². The van der Waals surface area contributed by atoms with Gasteiger partial charge in [0.1, 0.15) is 0 Å². The van der Waals surface area contributed by atoms with Gasteiger partial charge in [0.25, 0.3) is 0 Å². The fraction of sp³-hybridized carbons (Fsp3) is 0.176. The average Bonchev–Trinajstić information content (AvgIpc) is 4.22. The standard InChI is InChI=1S/C68H55N3S/c1-66(2,3)41-32-47(40-26-27-55-48(31-40)45-22-13-15-24-54(45)69(55)44-21-17-20-39(30-44)38-18-11-10-12-19-38)61-49(33-41)50-34-42(67(4,5)6)35-51-59-56(70(61)62(50)51)28-29-57-60(59)52-36-43(68(7,8)9)37-53-63(52)71(57)64-46-23-14-16-25-58(46)72-65(53)64/h10-37H,1-9H3. The maximum atomic E-state index is 2.67. The Morgan fingerprint density at radius 3 is 1.56 bits per heavy atom. The van der Waals surface area contributed by atoms with Gasteiger partial charge in [-0.25, -0.2) is 0 Å². The summed E-state index contributed by atoms with van der Waals surface area (Å²) in [7, 11) is 0. The number of aromatic nitrogens is 3. The Labute approximate surface area is 422 Å². The highest BCUT2D eigenvalue weighted by atomic mass is 32.1. The van der Waals surface area contributed by atoms with Gasteiger partial charge >= 0.3 is 0 Å². The maximum absolute atomic E-state index is 2.67. The number of benzene rings is 9. The van der Waals surface area contributed by atoms with Crippen LogP contribution >= 0.6 is 11.3 Å². The van der Waals surface area contributed by atoms with E-state index in [4.69, 9.17) is 0 Å². The molecule has 9 aromatic carbocycles. The van der Waals surface area contributed by atoms with E-state index in [0.29, 0.717) is 0 Å². The maximum Gasteiger partial charge on any atom is 0.0728 e. The Bertz CT molecular complexity index is 4780. The van der Waals surface area contributed by atoms with Gasteiger partial charge in [-0.05, 0) is 135 Å². The van der Waals surface area contributed by atoms with E-state index in [1.165, 1.54) is 146 Å². The van der Waals surface area contributed by atoms with Crippen LogP contribution < -0.4 is 0 Å². The van der Waals surface area contributed by atoms with Gasteiger partial charge < -0.3 is 13.4 Å². The van der Waals surface area contributed by atoms with Crippen LogP contribution in [0.5, 0.6) is 0 Å². The molecule has 0 aliphatic carbocycles. The minimum Gasteiger partial charge on any atom is -0.309 e. The number of rotatable bonds is 3. The summed E-state index contributed by atoms with van der Waals surface area (Å²) in [6.45, 7) is 21.3. The highest BCUT2D eigenvalue weighted by Crippen LogP contribution is 2.52. The Kier molecular flexibility index (Phi) is 8.21. The summed E-state index contributed by atoms with van der Waals surface area (Å²) < 4.78 is 10.5. The van der Waals surface area contributed by atoms with Crippen LogP contribution in [-0.4, -0.2) is 13.4 Å². The number of nitrogens with zero attached hydrogens (tertiary/aromatic N) is 3. The molecule has 0 N–H and O–H groups in total. The van der Waals surface area contributed by atoms with Gasteiger partial charge in [0, 0.05) is 69.8 Å². The molecule has 4 heteroatoms. The second kappa shape index (κ2) is 14.1. The molecule has 0 fully saturated rings. The number of hydrogen-bond donors (Lipinski definition) is 0. The number of thiophene rings is 1. The zero-order chi connectivity index (χ0) is 48.9. The van der Waals surface area contributed by atoms with Crippen LogP contribution in [0.25, 0.3) is 135 Å². The SMILES string of the molecule is CC(C)(C)c1cc(-c2ccc3c(c2)c2ccccc2n3-c2cccc(-c3ccccc3)c2)c2c(c1)c1cc(C(C)(C)C)cc3c4c5c6cc(C(C)(C)C)cc7c8sc9ccccc9c8n(c5ccc4n2c13)c76. The molecule has 0 aliphatic heterocycles. The van der Waals surface area contributed by atoms with Crippen LogP contribution in [-0.2, 0) is 16.2 Å². The van der Waals surface area contributed by atoms with Crippen molar-refractivity contribution in [2.24, 2.45) is 0 Å². The first kappa shape index (κ1) is 42.1. The molecule has 6 aromatic heterocycles. The lowest BCUT2D eigenvalue weighted by Crippen LogP contribution is -2.11. The van der Waals surface area contributed by atoms with Gasteiger partial charge in [-0.1, -0.05) is 147 Å². The minimum absolute atomic E-state index is 0.0311. The summed E-state index contributed by atoms with van der Waals surface area (Å²) in [6, 6.07) is 65.0. The van der Waals surface area contributed by atoms with Gasteiger partial charge in [0.05, 0.1) is 48.8 Å². The van der Waals surface area contributed by atoms with Gasteiger partial charge in [-0.15, -0.1) is 11.3 Å². The fourth-order valence-electron chi connectivity index (χ4n) is 12.6. The lowest BCUT2D eigenvalue weighted by Gasteiger charge is -2.22. The number of fused-ring (bicyclic) bond motifs is 18. The van der Waals surface area contributed by atoms with Gasteiger partial charge in [-0.3, -0.25) is 0 Å². The van der Waals surface area contributed by atoms with Crippen molar-refractivity contribution in [3.63, 3.8) is 0 Å². The minimum atomic E-state index is -0.0807. The molecule has 72 heavy (non-hydrogen) atoms. The third-order valence-electron chi connectivity index (χ3n) is 16.3. The first-order valence-electron chi connectivity index (χ1n) is 25.7. The molecule has 15 aromatic rings. The van der Waals surface area contributed by atoms with Crippen LogP contribution in [0.2, 0.25) is 0 Å². The Morgan fingerprint density at radius 2 is 0.861 bits per heavy atom. The monoisotopic (exact) mass is 945 g/mol. The Morgan fingerprint density at radius 1 is 0.333 bits per heavy atom. The van der Waals surface area contributed by atoms with Gasteiger partial charge in [-0.2, -0.15) is 0 Å². The van der Waals surface area contributed by atoms with E-state index in [9.17, 15) is 0 Å². The lowest BCUT2D eigenvalue weighted by molar-refractivity contribution is 0.591. The third kappa shape index (κ3) is 5.62. The topological polar surface area (TPSA) is 13.8 Å². The van der Waals surface area contributed by atoms with Crippen molar-refractivity contribution in [2.75, 3.05) is 0 Å². The molecule has 348 valence electrons. The van der Waals surface area contributed by atoms with Crippen LogP contribution in [0.3, 0.4) is 0 Å². The van der Waals surface area contributed by atoms with Crippen LogP contribution in [0.4, 0.5) is 0 Å². The molecule has 0 saturated carbocycles. The normalized spacial score (nSPS) is 13.3. The summed E-state index contributed by atoms with van der Waals surface area (Å²) in [4.78, 5) is 0. The molecule has 0 bridgehead atoms. The first-order valence-corrected chi connectivity index (χ1v) is 26.5. The highest BCUT2D eigenvalue weighted by molar-refractivity contribution is 7.26. The first-order chi connectivity index (χ1) is 34.6. The van der Waals surface area contributed by atoms with Crippen LogP contribution in [0, 0.1) is 0 Å². The Balaban J connectivity index is 1.08. The average molecular weight is 946 g/mol. The third-order valence-corrected chi connectivity index (χ3v) is 17.5. The van der Waals surface area contributed by atoms with Gasteiger partial charge in [0.2, 0.25) is 0 Å². The Hall–Kier alpha value is -7.66. The van der Waals surface area contributed by atoms with Crippen molar-refractivity contribution in [3.8, 4) is 27.9 Å². The van der Waals surface area contributed by atoms with E-state index in [0.717, 1.165) is 5.69 Å². The molecule has 3 nitrogen and oxygen atoms in total. The summed E-state index contributed by atoms with van der Waals surface area (Å²) in [5.41, 5.74) is 20.2. The molecule has 15 rings (SSSR count). The molecule has 0 atom stereocenters. The molecule has 0 saturated heterocycles. The second-order valence-electron chi connectivity index (χ2n) is 23.8. The second-order valence-corrected chi connectivity index (χ2v) is 24.9. The van der Waals surface area contributed by atoms with Crippen molar-refractivity contribution in [3.05, 3.63) is 187 Å². The molecule has 0 amide bonds. The van der Waals surface area contributed by atoms with Crippen molar-refractivity contribution < 1.29 is 0 Å². The highest BCUT2D eigenvalue weighted by Gasteiger charge is 2.31. The summed E-state index contributed by atoms with van der Waals surface area (Å²) in [5.74, 6) is 0. The van der Waals surface area contributed by atoms with Crippen molar-refractivity contribution in [1.82, 2.24) is 13.4 Å². The summed E-state index contributed by atoms with van der Waals surface area (Å²) in [6.07, 6.45) is 0. The number of para-hydroxylation sites is 1. The van der Waals surface area contributed by atoms with Crippen LogP contribution in [0.15, 0.2) is 170 Å². The zero-order valence-corrected chi connectivity index (χ0v) is 43.2. The van der Waals surface area contributed by atoms with E-state index < -0.39 is 0 Å². The molecule has 0 spiro atoms. The van der Waals surface area contributed by atoms with E-state index in [1.54, 1.807) is 0 Å². The summed E-state index contributed by atoms with van der Waals surface area (Å²) in [5, 5.41) is 13.3. The number of hydrogen-bond acceptors (Lipinski definition) is 1. The molecule has 0 unspecified atom stereocenters. The largest absolute Gasteiger partial charge is 0.309 e. The fourth-order valence-corrected chi connectivity index (χ4v) is 13.8.